The van der Waals surface area contributed by atoms with E-state index in [1.165, 1.54) is 0 Å². The number of rotatable bonds is 4. The number of hydrogen-bond acceptors (Lipinski definition) is 0. The lowest BCUT2D eigenvalue weighted by Crippen LogP contribution is -1.94. The zero-order valence-electron chi connectivity index (χ0n) is 14.3. The van der Waals surface area contributed by atoms with Gasteiger partial charge in [-0.1, -0.05) is 84.9 Å². The van der Waals surface area contributed by atoms with E-state index in [-0.39, 0.29) is 12.8 Å². The van der Waals surface area contributed by atoms with Crippen LogP contribution in [0, 0.1) is 0 Å². The Hall–Kier alpha value is -3.00. The lowest BCUT2D eigenvalue weighted by Gasteiger charge is -2.08. The van der Waals surface area contributed by atoms with Gasteiger partial charge in [-0.3, -0.25) is 0 Å². The van der Waals surface area contributed by atoms with E-state index in [2.05, 4.69) is 0 Å². The minimum atomic E-state index is -0.700. The quantitative estimate of drug-likeness (QED) is 0.376. The topological polar surface area (TPSA) is 0 Å². The summed E-state index contributed by atoms with van der Waals surface area (Å²) in [4.78, 5) is 0. The van der Waals surface area contributed by atoms with Crippen LogP contribution < -0.4 is 0 Å². The molecule has 0 aromatic heterocycles. The summed E-state index contributed by atoms with van der Waals surface area (Å²) in [7, 11) is 0. The van der Waals surface area contributed by atoms with Crippen molar-refractivity contribution >= 4 is 21.5 Å². The second-order valence-electron chi connectivity index (χ2n) is 6.44. The zero-order valence-corrected chi connectivity index (χ0v) is 14.3. The molecular weight excluding hydrogens is 326 g/mol. The van der Waals surface area contributed by atoms with Crippen LogP contribution in [0.2, 0.25) is 0 Å². The average molecular weight is 344 g/mol. The van der Waals surface area contributed by atoms with Gasteiger partial charge in [0.2, 0.25) is 0 Å². The van der Waals surface area contributed by atoms with Gasteiger partial charge in [-0.05, 0) is 32.7 Å². The molecule has 128 valence electrons. The summed E-state index contributed by atoms with van der Waals surface area (Å²) in [6, 6.07) is 27.0. The normalized spacial score (nSPS) is 12.4. The number of fused-ring (bicyclic) bond motifs is 2. The third-order valence-corrected chi connectivity index (χ3v) is 4.75. The molecule has 0 unspecified atom stereocenters. The van der Waals surface area contributed by atoms with Gasteiger partial charge in [-0.15, -0.1) is 0 Å². The molecular formula is C24H18F2. The molecule has 2 heteroatoms. The van der Waals surface area contributed by atoms with Crippen LogP contribution >= 0.6 is 0 Å². The van der Waals surface area contributed by atoms with Crippen LogP contribution in [0.15, 0.2) is 96.6 Å². The first-order chi connectivity index (χ1) is 12.7. The third kappa shape index (κ3) is 3.23. The molecule has 0 bridgehead atoms. The Bertz CT molecular complexity index is 1010. The molecule has 26 heavy (non-hydrogen) atoms. The van der Waals surface area contributed by atoms with Crippen molar-refractivity contribution in [3.63, 3.8) is 0 Å². The molecule has 0 N–H and O–H groups in total. The van der Waals surface area contributed by atoms with E-state index >= 15 is 0 Å². The second-order valence-corrected chi connectivity index (χ2v) is 6.44. The first-order valence-electron chi connectivity index (χ1n) is 8.68. The van der Waals surface area contributed by atoms with Crippen molar-refractivity contribution in [2.24, 2.45) is 0 Å². The molecule has 0 amide bonds. The Morgan fingerprint density at radius 1 is 0.500 bits per heavy atom. The first kappa shape index (κ1) is 16.5. The minimum absolute atomic E-state index is 0.0298. The molecule has 0 nitrogen and oxygen atoms in total. The van der Waals surface area contributed by atoms with E-state index in [4.69, 9.17) is 0 Å². The Labute approximate surface area is 151 Å². The standard InChI is InChI=1S/C24H18F2/c25-23(15-19-11-5-9-17-7-1-3-13-21(17)19)24(26)16-20-12-6-10-18-8-2-4-14-22(18)20/h1-14H,15-16H2. The SMILES string of the molecule is FC(Cc1cccc2ccccc12)=C(F)Cc1cccc2ccccc12. The molecule has 0 aliphatic heterocycles. The molecule has 0 saturated carbocycles. The van der Waals surface area contributed by atoms with Crippen molar-refractivity contribution in [2.45, 2.75) is 12.8 Å². The summed E-state index contributed by atoms with van der Waals surface area (Å²) in [5, 5.41) is 3.99. The highest BCUT2D eigenvalue weighted by Crippen LogP contribution is 2.26. The fourth-order valence-electron chi connectivity index (χ4n) is 3.42. The predicted octanol–water partition coefficient (Wildman–Crippen LogP) is 6.93. The van der Waals surface area contributed by atoms with Crippen molar-refractivity contribution in [2.75, 3.05) is 0 Å². The molecule has 0 aliphatic rings. The van der Waals surface area contributed by atoms with E-state index in [0.29, 0.717) is 0 Å². The summed E-state index contributed by atoms with van der Waals surface area (Å²) in [6.07, 6.45) is -0.0596. The van der Waals surface area contributed by atoms with Crippen LogP contribution in [0.4, 0.5) is 8.78 Å². The maximum Gasteiger partial charge on any atom is 0.136 e. The zero-order chi connectivity index (χ0) is 17.9. The summed E-state index contributed by atoms with van der Waals surface area (Å²) >= 11 is 0. The monoisotopic (exact) mass is 344 g/mol. The first-order valence-corrected chi connectivity index (χ1v) is 8.68. The van der Waals surface area contributed by atoms with Gasteiger partial charge in [0.1, 0.15) is 11.7 Å². The van der Waals surface area contributed by atoms with Crippen molar-refractivity contribution in [1.82, 2.24) is 0 Å². The van der Waals surface area contributed by atoms with Crippen molar-refractivity contribution < 1.29 is 8.78 Å². The fourth-order valence-corrected chi connectivity index (χ4v) is 3.42. The molecule has 4 rings (SSSR count). The Kier molecular flexibility index (Phi) is 4.49. The minimum Gasteiger partial charge on any atom is -0.209 e. The summed E-state index contributed by atoms with van der Waals surface area (Å²) in [6.45, 7) is 0. The van der Waals surface area contributed by atoms with Gasteiger partial charge in [-0.25, -0.2) is 8.78 Å². The van der Waals surface area contributed by atoms with Gasteiger partial charge in [0.05, 0.1) is 0 Å². The average Bonchev–Trinajstić information content (AvgIpc) is 2.68. The smallest absolute Gasteiger partial charge is 0.136 e. The summed E-state index contributed by atoms with van der Waals surface area (Å²) in [5.41, 5.74) is 1.60. The van der Waals surface area contributed by atoms with Gasteiger partial charge in [0.25, 0.3) is 0 Å². The van der Waals surface area contributed by atoms with Crippen molar-refractivity contribution in [3.8, 4) is 0 Å². The van der Waals surface area contributed by atoms with Crippen LogP contribution in [-0.4, -0.2) is 0 Å². The van der Waals surface area contributed by atoms with Crippen molar-refractivity contribution in [3.05, 3.63) is 108 Å². The van der Waals surface area contributed by atoms with E-state index in [9.17, 15) is 8.78 Å². The molecule has 4 aromatic carbocycles. The molecule has 0 radical (unpaired) electrons. The highest BCUT2D eigenvalue weighted by Gasteiger charge is 2.12. The van der Waals surface area contributed by atoms with Crippen LogP contribution in [0.25, 0.3) is 21.5 Å². The van der Waals surface area contributed by atoms with Crippen LogP contribution in [-0.2, 0) is 12.8 Å². The Morgan fingerprint density at radius 2 is 0.885 bits per heavy atom. The number of allylic oxidation sites excluding steroid dienone is 2. The molecule has 0 aliphatic carbocycles. The van der Waals surface area contributed by atoms with Crippen LogP contribution in [0.1, 0.15) is 11.1 Å². The van der Waals surface area contributed by atoms with E-state index < -0.39 is 11.7 Å². The Balaban J connectivity index is 1.65. The molecule has 0 heterocycles. The molecule has 4 aromatic rings. The lowest BCUT2D eigenvalue weighted by molar-refractivity contribution is 0.509. The highest BCUT2D eigenvalue weighted by molar-refractivity contribution is 5.86. The van der Waals surface area contributed by atoms with E-state index in [1.807, 2.05) is 84.9 Å². The molecule has 0 fully saturated rings. The van der Waals surface area contributed by atoms with Gasteiger partial charge >= 0.3 is 0 Å². The predicted molar refractivity (Wildman–Crippen MR) is 105 cm³/mol. The van der Waals surface area contributed by atoms with Gasteiger partial charge in [0.15, 0.2) is 0 Å². The fraction of sp³-hybridized carbons (Fsp3) is 0.0833. The van der Waals surface area contributed by atoms with Crippen LogP contribution in [0.3, 0.4) is 0 Å². The molecule has 0 atom stereocenters. The van der Waals surface area contributed by atoms with Gasteiger partial charge < -0.3 is 0 Å². The summed E-state index contributed by atoms with van der Waals surface area (Å²) in [5.74, 6) is -1.40. The molecule has 0 spiro atoms. The number of hydrogen-bond donors (Lipinski definition) is 0. The number of halogens is 2. The maximum atomic E-state index is 14.6. The molecule has 0 saturated heterocycles. The number of benzene rings is 4. The van der Waals surface area contributed by atoms with E-state index in [0.717, 1.165) is 32.7 Å². The second kappa shape index (κ2) is 7.09. The maximum absolute atomic E-state index is 14.6. The summed E-state index contributed by atoms with van der Waals surface area (Å²) < 4.78 is 29.2. The van der Waals surface area contributed by atoms with E-state index in [1.54, 1.807) is 0 Å². The lowest BCUT2D eigenvalue weighted by atomic mass is 9.99. The largest absolute Gasteiger partial charge is 0.209 e. The highest BCUT2D eigenvalue weighted by atomic mass is 19.2. The van der Waals surface area contributed by atoms with Gasteiger partial charge in [-0.2, -0.15) is 0 Å². The van der Waals surface area contributed by atoms with Crippen LogP contribution in [0.5, 0.6) is 0 Å². The third-order valence-electron chi connectivity index (χ3n) is 4.75. The van der Waals surface area contributed by atoms with Crippen molar-refractivity contribution in [1.29, 1.82) is 0 Å². The Morgan fingerprint density at radius 3 is 1.35 bits per heavy atom. The van der Waals surface area contributed by atoms with Gasteiger partial charge in [0, 0.05) is 12.8 Å².